The number of hydrazone groups is 1. The van der Waals surface area contributed by atoms with Gasteiger partial charge in [0.15, 0.2) is 0 Å². The van der Waals surface area contributed by atoms with E-state index in [2.05, 4.69) is 11.2 Å². The van der Waals surface area contributed by atoms with E-state index in [0.717, 1.165) is 25.7 Å². The lowest BCUT2D eigenvalue weighted by atomic mass is 9.90. The van der Waals surface area contributed by atoms with Gasteiger partial charge in [-0.3, -0.25) is 5.01 Å². The summed E-state index contributed by atoms with van der Waals surface area (Å²) < 4.78 is 0. The molecule has 0 aliphatic heterocycles. The highest BCUT2D eigenvalue weighted by Gasteiger charge is 2.19. The second-order valence-corrected chi connectivity index (χ2v) is 3.61. The van der Waals surface area contributed by atoms with E-state index >= 15 is 0 Å². The van der Waals surface area contributed by atoms with Crippen molar-refractivity contribution in [3.05, 3.63) is 11.6 Å². The molecule has 1 saturated carbocycles. The number of nitriles is 1. The van der Waals surface area contributed by atoms with Crippen molar-refractivity contribution < 1.29 is 0 Å². The molecule has 0 aromatic heterocycles. The molecule has 1 rings (SSSR count). The average Bonchev–Trinajstić information content (AvgIpc) is 2.20. The van der Waals surface area contributed by atoms with Crippen molar-refractivity contribution in [3.8, 4) is 6.07 Å². The molecule has 1 fully saturated rings. The Kier molecular flexibility index (Phi) is 4.18. The van der Waals surface area contributed by atoms with Crippen LogP contribution in [0.2, 0.25) is 0 Å². The van der Waals surface area contributed by atoms with Gasteiger partial charge in [-0.1, -0.05) is 5.57 Å². The lowest BCUT2D eigenvalue weighted by Gasteiger charge is -2.29. The van der Waals surface area contributed by atoms with Crippen LogP contribution in [0.5, 0.6) is 0 Å². The third-order valence-corrected chi connectivity index (χ3v) is 2.69. The van der Waals surface area contributed by atoms with E-state index < -0.39 is 0 Å². The van der Waals surface area contributed by atoms with E-state index in [1.807, 2.05) is 25.2 Å². The summed E-state index contributed by atoms with van der Waals surface area (Å²) in [5.74, 6) is 0. The fraction of sp³-hybridized carbons (Fsp3) is 0.636. The first kappa shape index (κ1) is 10.8. The van der Waals surface area contributed by atoms with Gasteiger partial charge in [0.1, 0.15) is 0 Å². The van der Waals surface area contributed by atoms with Gasteiger partial charge in [0.25, 0.3) is 0 Å². The van der Waals surface area contributed by atoms with E-state index in [9.17, 15) is 0 Å². The fourth-order valence-electron chi connectivity index (χ4n) is 1.86. The van der Waals surface area contributed by atoms with E-state index in [1.54, 1.807) is 6.08 Å². The summed E-state index contributed by atoms with van der Waals surface area (Å²) in [6.45, 7) is 1.93. The molecule has 0 aromatic carbocycles. The SMILES string of the molecule is C/C=N\N(C)C1CCC(=CC#N)CC1. The Bertz CT molecular complexity index is 263. The third kappa shape index (κ3) is 2.88. The van der Waals surface area contributed by atoms with Gasteiger partial charge in [-0.2, -0.15) is 10.4 Å². The van der Waals surface area contributed by atoms with Gasteiger partial charge in [0.05, 0.1) is 6.07 Å². The summed E-state index contributed by atoms with van der Waals surface area (Å²) in [7, 11) is 2.02. The number of hydrogen-bond donors (Lipinski definition) is 0. The second-order valence-electron chi connectivity index (χ2n) is 3.61. The van der Waals surface area contributed by atoms with Crippen LogP contribution < -0.4 is 0 Å². The van der Waals surface area contributed by atoms with Gasteiger partial charge in [-0.15, -0.1) is 0 Å². The predicted octanol–water partition coefficient (Wildman–Crippen LogP) is 2.32. The van der Waals surface area contributed by atoms with Crippen LogP contribution in [0.1, 0.15) is 32.6 Å². The Morgan fingerprint density at radius 2 is 2.14 bits per heavy atom. The minimum absolute atomic E-state index is 0.544. The molecule has 0 aromatic rings. The van der Waals surface area contributed by atoms with Crippen molar-refractivity contribution in [2.45, 2.75) is 38.6 Å². The molecule has 0 bridgehead atoms. The Balaban J connectivity index is 2.43. The average molecular weight is 191 g/mol. The van der Waals surface area contributed by atoms with Crippen molar-refractivity contribution in [2.24, 2.45) is 5.10 Å². The molecule has 3 heteroatoms. The van der Waals surface area contributed by atoms with Crippen molar-refractivity contribution in [2.75, 3.05) is 7.05 Å². The summed E-state index contributed by atoms with van der Waals surface area (Å²) in [6.07, 6.45) is 7.83. The third-order valence-electron chi connectivity index (χ3n) is 2.69. The lowest BCUT2D eigenvalue weighted by molar-refractivity contribution is 0.216. The predicted molar refractivity (Wildman–Crippen MR) is 57.9 cm³/mol. The topological polar surface area (TPSA) is 39.4 Å². The molecule has 0 amide bonds. The lowest BCUT2D eigenvalue weighted by Crippen LogP contribution is -2.29. The van der Waals surface area contributed by atoms with Gasteiger partial charge >= 0.3 is 0 Å². The van der Waals surface area contributed by atoms with Crippen LogP contribution in [-0.4, -0.2) is 24.3 Å². The van der Waals surface area contributed by atoms with Gasteiger partial charge in [0.2, 0.25) is 0 Å². The molecule has 1 aliphatic rings. The molecule has 0 saturated heterocycles. The van der Waals surface area contributed by atoms with Crippen LogP contribution in [0.4, 0.5) is 0 Å². The van der Waals surface area contributed by atoms with Crippen LogP contribution in [0.15, 0.2) is 16.8 Å². The van der Waals surface area contributed by atoms with Crippen LogP contribution in [0.3, 0.4) is 0 Å². The van der Waals surface area contributed by atoms with Crippen LogP contribution in [-0.2, 0) is 0 Å². The molecule has 0 heterocycles. The molecule has 0 unspecified atom stereocenters. The Labute approximate surface area is 85.7 Å². The minimum Gasteiger partial charge on any atom is -0.297 e. The smallest absolute Gasteiger partial charge is 0.0911 e. The Hall–Kier alpha value is -1.30. The molecular weight excluding hydrogens is 174 g/mol. The highest BCUT2D eigenvalue weighted by molar-refractivity contribution is 5.52. The number of allylic oxidation sites excluding steroid dienone is 2. The number of rotatable bonds is 2. The Morgan fingerprint density at radius 1 is 1.50 bits per heavy atom. The molecule has 76 valence electrons. The summed E-state index contributed by atoms with van der Waals surface area (Å²) >= 11 is 0. The summed E-state index contributed by atoms with van der Waals surface area (Å²) in [5.41, 5.74) is 1.29. The van der Waals surface area contributed by atoms with Gasteiger partial charge in [-0.25, -0.2) is 0 Å². The van der Waals surface area contributed by atoms with Gasteiger partial charge in [0, 0.05) is 25.4 Å². The van der Waals surface area contributed by atoms with Crippen LogP contribution >= 0.6 is 0 Å². The van der Waals surface area contributed by atoms with Crippen molar-refractivity contribution in [1.29, 1.82) is 5.26 Å². The number of hydrogen-bond acceptors (Lipinski definition) is 3. The van der Waals surface area contributed by atoms with E-state index in [0.29, 0.717) is 6.04 Å². The maximum atomic E-state index is 8.52. The standard InChI is InChI=1S/C11H17N3/c1-3-13-14(2)11-6-4-10(5-7-11)8-9-12/h3,8,11H,4-7H2,1-2H3/b10-8?,13-3-. The zero-order valence-corrected chi connectivity index (χ0v) is 8.90. The van der Waals surface area contributed by atoms with Crippen molar-refractivity contribution >= 4 is 6.21 Å². The maximum absolute atomic E-state index is 8.52. The molecule has 0 atom stereocenters. The monoisotopic (exact) mass is 191 g/mol. The zero-order valence-electron chi connectivity index (χ0n) is 8.90. The molecule has 0 radical (unpaired) electrons. The van der Waals surface area contributed by atoms with Crippen LogP contribution in [0.25, 0.3) is 0 Å². The minimum atomic E-state index is 0.544. The second kappa shape index (κ2) is 5.43. The highest BCUT2D eigenvalue weighted by atomic mass is 15.4. The largest absolute Gasteiger partial charge is 0.297 e. The molecule has 14 heavy (non-hydrogen) atoms. The van der Waals surface area contributed by atoms with E-state index in [-0.39, 0.29) is 0 Å². The number of nitrogens with zero attached hydrogens (tertiary/aromatic N) is 3. The maximum Gasteiger partial charge on any atom is 0.0911 e. The first-order chi connectivity index (χ1) is 6.77. The first-order valence-corrected chi connectivity index (χ1v) is 5.07. The van der Waals surface area contributed by atoms with E-state index in [1.165, 1.54) is 5.57 Å². The Morgan fingerprint density at radius 3 is 2.64 bits per heavy atom. The summed E-state index contributed by atoms with van der Waals surface area (Å²) in [4.78, 5) is 0. The van der Waals surface area contributed by atoms with Crippen LogP contribution in [0, 0.1) is 11.3 Å². The molecular formula is C11H17N3. The van der Waals surface area contributed by atoms with Crippen molar-refractivity contribution in [3.63, 3.8) is 0 Å². The zero-order chi connectivity index (χ0) is 10.4. The summed E-state index contributed by atoms with van der Waals surface area (Å²) in [6, 6.07) is 2.64. The highest BCUT2D eigenvalue weighted by Crippen LogP contribution is 2.26. The summed E-state index contributed by atoms with van der Waals surface area (Å²) in [5, 5.41) is 14.8. The molecule has 3 nitrogen and oxygen atoms in total. The molecule has 0 N–H and O–H groups in total. The van der Waals surface area contributed by atoms with Gasteiger partial charge < -0.3 is 0 Å². The quantitative estimate of drug-likeness (QED) is 0.382. The molecule has 0 spiro atoms. The molecule has 1 aliphatic carbocycles. The van der Waals surface area contributed by atoms with Crippen molar-refractivity contribution in [1.82, 2.24) is 5.01 Å². The first-order valence-electron chi connectivity index (χ1n) is 5.07. The van der Waals surface area contributed by atoms with Gasteiger partial charge in [-0.05, 0) is 32.6 Å². The fourth-order valence-corrected chi connectivity index (χ4v) is 1.86. The normalized spacial score (nSPS) is 22.1. The van der Waals surface area contributed by atoms with E-state index in [4.69, 9.17) is 5.26 Å².